The number of nitrogens with one attached hydrogen (secondary N) is 1. The summed E-state index contributed by atoms with van der Waals surface area (Å²) < 4.78 is 27.3. The highest BCUT2D eigenvalue weighted by Crippen LogP contribution is 2.27. The lowest BCUT2D eigenvalue weighted by molar-refractivity contribution is -0.120. The Balaban J connectivity index is 2.44. The maximum absolute atomic E-state index is 13.1. The topological polar surface area (TPSA) is 66.5 Å². The zero-order chi connectivity index (χ0) is 19.3. The van der Waals surface area contributed by atoms with Crippen molar-refractivity contribution in [1.29, 1.82) is 0 Å². The lowest BCUT2D eigenvalue weighted by atomic mass is 10.2. The standard InChI is InChI=1S/C19H23ClN2O3S/c1-4-15(3)21-19(23)13-22(16-11-10-14(2)18(20)12-16)26(24,25)17-8-6-5-7-9-17/h5-12,15H,4,13H2,1-3H3,(H,21,23)/t15-/m0/s1. The van der Waals surface area contributed by atoms with E-state index in [1.165, 1.54) is 12.1 Å². The Morgan fingerprint density at radius 2 is 1.85 bits per heavy atom. The largest absolute Gasteiger partial charge is 0.352 e. The molecule has 0 aliphatic heterocycles. The van der Waals surface area contributed by atoms with E-state index in [1.807, 2.05) is 20.8 Å². The molecule has 5 nitrogen and oxygen atoms in total. The fourth-order valence-electron chi connectivity index (χ4n) is 2.32. The van der Waals surface area contributed by atoms with E-state index in [1.54, 1.807) is 36.4 Å². The molecule has 0 saturated heterocycles. The number of amides is 1. The van der Waals surface area contributed by atoms with E-state index < -0.39 is 10.0 Å². The minimum absolute atomic E-state index is 0.0367. The Morgan fingerprint density at radius 3 is 2.42 bits per heavy atom. The Kier molecular flexibility index (Phi) is 6.67. The Morgan fingerprint density at radius 1 is 1.19 bits per heavy atom. The third kappa shape index (κ3) is 4.77. The number of sulfonamides is 1. The fourth-order valence-corrected chi connectivity index (χ4v) is 3.93. The number of nitrogens with zero attached hydrogens (tertiary/aromatic N) is 1. The summed E-state index contributed by atoms with van der Waals surface area (Å²) >= 11 is 6.18. The van der Waals surface area contributed by atoms with Crippen LogP contribution in [0.5, 0.6) is 0 Å². The number of aryl methyl sites for hydroxylation is 1. The highest BCUT2D eigenvalue weighted by atomic mass is 35.5. The number of carbonyl (C=O) groups is 1. The molecule has 1 amide bonds. The molecule has 1 atom stereocenters. The van der Waals surface area contributed by atoms with E-state index in [0.717, 1.165) is 16.3 Å². The van der Waals surface area contributed by atoms with Crippen LogP contribution in [0, 0.1) is 6.92 Å². The Hall–Kier alpha value is -2.05. The van der Waals surface area contributed by atoms with Crippen LogP contribution < -0.4 is 9.62 Å². The predicted molar refractivity (Wildman–Crippen MR) is 105 cm³/mol. The van der Waals surface area contributed by atoms with Crippen molar-refractivity contribution in [2.45, 2.75) is 38.1 Å². The molecule has 0 radical (unpaired) electrons. The normalized spacial score (nSPS) is 12.5. The summed E-state index contributed by atoms with van der Waals surface area (Å²) in [5, 5.41) is 3.24. The van der Waals surface area contributed by atoms with E-state index in [9.17, 15) is 13.2 Å². The highest BCUT2D eigenvalue weighted by molar-refractivity contribution is 7.92. The first-order valence-corrected chi connectivity index (χ1v) is 10.2. The first kappa shape index (κ1) is 20.3. The minimum Gasteiger partial charge on any atom is -0.352 e. The average molecular weight is 395 g/mol. The van der Waals surface area contributed by atoms with Crippen LogP contribution in [0.2, 0.25) is 5.02 Å². The summed E-state index contributed by atoms with van der Waals surface area (Å²) in [4.78, 5) is 12.5. The summed E-state index contributed by atoms with van der Waals surface area (Å²) in [5.74, 6) is -0.365. The van der Waals surface area contributed by atoms with Gasteiger partial charge in [0.25, 0.3) is 10.0 Å². The van der Waals surface area contributed by atoms with Gasteiger partial charge in [0.2, 0.25) is 5.91 Å². The lowest BCUT2D eigenvalue weighted by Crippen LogP contribution is -2.43. The molecule has 0 bridgehead atoms. The molecule has 7 heteroatoms. The van der Waals surface area contributed by atoms with Crippen LogP contribution in [-0.4, -0.2) is 26.9 Å². The summed E-state index contributed by atoms with van der Waals surface area (Å²) in [5.41, 5.74) is 1.18. The molecule has 0 aliphatic carbocycles. The molecule has 2 aromatic rings. The molecule has 0 unspecified atom stereocenters. The van der Waals surface area contributed by atoms with Crippen LogP contribution in [0.1, 0.15) is 25.8 Å². The van der Waals surface area contributed by atoms with Crippen LogP contribution in [0.15, 0.2) is 53.4 Å². The highest BCUT2D eigenvalue weighted by Gasteiger charge is 2.27. The fraction of sp³-hybridized carbons (Fsp3) is 0.316. The van der Waals surface area contributed by atoms with Crippen molar-refractivity contribution < 1.29 is 13.2 Å². The number of rotatable bonds is 7. The van der Waals surface area contributed by atoms with Gasteiger partial charge in [-0.2, -0.15) is 0 Å². The second kappa shape index (κ2) is 8.56. The molecule has 0 aliphatic rings. The van der Waals surface area contributed by atoms with Crippen molar-refractivity contribution >= 4 is 33.2 Å². The van der Waals surface area contributed by atoms with Crippen LogP contribution in [0.3, 0.4) is 0 Å². The maximum Gasteiger partial charge on any atom is 0.264 e. The second-order valence-corrected chi connectivity index (χ2v) is 8.40. The van der Waals surface area contributed by atoms with Gasteiger partial charge in [-0.1, -0.05) is 42.8 Å². The lowest BCUT2D eigenvalue weighted by Gasteiger charge is -2.25. The summed E-state index contributed by atoms with van der Waals surface area (Å²) in [6.07, 6.45) is 0.757. The molecule has 0 spiro atoms. The third-order valence-corrected chi connectivity index (χ3v) is 6.28. The van der Waals surface area contributed by atoms with Crippen LogP contribution in [0.25, 0.3) is 0 Å². The zero-order valence-electron chi connectivity index (χ0n) is 15.1. The van der Waals surface area contributed by atoms with Gasteiger partial charge in [-0.05, 0) is 50.1 Å². The quantitative estimate of drug-likeness (QED) is 0.777. The number of benzene rings is 2. The SMILES string of the molecule is CC[C@H](C)NC(=O)CN(c1ccc(C)c(Cl)c1)S(=O)(=O)c1ccccc1. The number of anilines is 1. The first-order valence-electron chi connectivity index (χ1n) is 8.39. The summed E-state index contributed by atoms with van der Waals surface area (Å²) in [7, 11) is -3.91. The van der Waals surface area contributed by atoms with Gasteiger partial charge in [0.1, 0.15) is 6.54 Å². The number of carbonyl (C=O) groups excluding carboxylic acids is 1. The van der Waals surface area contributed by atoms with Gasteiger partial charge in [-0.15, -0.1) is 0 Å². The minimum atomic E-state index is -3.91. The van der Waals surface area contributed by atoms with Crippen molar-refractivity contribution in [3.05, 3.63) is 59.1 Å². The van der Waals surface area contributed by atoms with Crippen molar-refractivity contribution in [2.24, 2.45) is 0 Å². The summed E-state index contributed by atoms with van der Waals surface area (Å²) in [6.45, 7) is 5.33. The Bertz CT molecular complexity index is 870. The van der Waals surface area contributed by atoms with Gasteiger partial charge in [-0.25, -0.2) is 8.42 Å². The molecule has 2 aromatic carbocycles. The Labute approximate surface area is 160 Å². The van der Waals surface area contributed by atoms with Crippen LogP contribution >= 0.6 is 11.6 Å². The molecule has 0 heterocycles. The zero-order valence-corrected chi connectivity index (χ0v) is 16.6. The molecule has 2 rings (SSSR count). The maximum atomic E-state index is 13.1. The second-order valence-electron chi connectivity index (χ2n) is 6.14. The predicted octanol–water partition coefficient (Wildman–Crippen LogP) is 3.76. The molecule has 140 valence electrons. The van der Waals surface area contributed by atoms with Crippen LogP contribution in [-0.2, 0) is 14.8 Å². The summed E-state index contributed by atoms with van der Waals surface area (Å²) in [6, 6.07) is 12.9. The van der Waals surface area contributed by atoms with Gasteiger partial charge >= 0.3 is 0 Å². The van der Waals surface area contributed by atoms with Gasteiger partial charge in [0.05, 0.1) is 10.6 Å². The van der Waals surface area contributed by atoms with E-state index >= 15 is 0 Å². The van der Waals surface area contributed by atoms with Crippen molar-refractivity contribution in [1.82, 2.24) is 5.32 Å². The molecule has 26 heavy (non-hydrogen) atoms. The molecular weight excluding hydrogens is 372 g/mol. The van der Waals surface area contributed by atoms with Crippen molar-refractivity contribution in [2.75, 3.05) is 10.8 Å². The number of halogens is 1. The van der Waals surface area contributed by atoms with Crippen LogP contribution in [0.4, 0.5) is 5.69 Å². The van der Waals surface area contributed by atoms with Crippen molar-refractivity contribution in [3.8, 4) is 0 Å². The van der Waals surface area contributed by atoms with Gasteiger partial charge in [0.15, 0.2) is 0 Å². The van der Waals surface area contributed by atoms with E-state index in [2.05, 4.69) is 5.32 Å². The third-order valence-electron chi connectivity index (χ3n) is 4.08. The molecule has 0 fully saturated rings. The van der Waals surface area contributed by atoms with Crippen molar-refractivity contribution in [3.63, 3.8) is 0 Å². The molecule has 0 saturated carbocycles. The molecule has 0 aromatic heterocycles. The smallest absolute Gasteiger partial charge is 0.264 e. The monoisotopic (exact) mass is 394 g/mol. The molecular formula is C19H23ClN2O3S. The number of hydrogen-bond donors (Lipinski definition) is 1. The van der Waals surface area contributed by atoms with E-state index in [0.29, 0.717) is 10.7 Å². The number of hydrogen-bond acceptors (Lipinski definition) is 3. The van der Waals surface area contributed by atoms with Gasteiger partial charge in [0, 0.05) is 11.1 Å². The molecule has 1 N–H and O–H groups in total. The van der Waals surface area contributed by atoms with Gasteiger partial charge in [-0.3, -0.25) is 9.10 Å². The van der Waals surface area contributed by atoms with E-state index in [-0.39, 0.29) is 23.4 Å². The van der Waals surface area contributed by atoms with Gasteiger partial charge < -0.3 is 5.32 Å². The van der Waals surface area contributed by atoms with E-state index in [4.69, 9.17) is 11.6 Å². The first-order chi connectivity index (χ1) is 12.3. The average Bonchev–Trinajstić information content (AvgIpc) is 2.62.